The van der Waals surface area contributed by atoms with Crippen LogP contribution in [0.5, 0.6) is 0 Å². The number of halogens is 1. The van der Waals surface area contributed by atoms with Crippen molar-refractivity contribution in [3.05, 3.63) is 35.6 Å². The number of nitrogens with zero attached hydrogens (tertiary/aromatic N) is 2. The molecule has 0 fully saturated rings. The summed E-state index contributed by atoms with van der Waals surface area (Å²) in [5, 5.41) is 0. The Bertz CT molecular complexity index is 435. The summed E-state index contributed by atoms with van der Waals surface area (Å²) in [5.41, 5.74) is 6.21. The van der Waals surface area contributed by atoms with Crippen molar-refractivity contribution in [1.29, 1.82) is 0 Å². The van der Waals surface area contributed by atoms with Gasteiger partial charge in [0.2, 0.25) is 5.91 Å². The highest BCUT2D eigenvalue weighted by molar-refractivity contribution is 5.76. The number of benzene rings is 1. The van der Waals surface area contributed by atoms with Gasteiger partial charge in [0.25, 0.3) is 0 Å². The molecule has 0 radical (unpaired) electrons. The zero-order chi connectivity index (χ0) is 15.1. The van der Waals surface area contributed by atoms with Crippen LogP contribution in [0.25, 0.3) is 0 Å². The van der Waals surface area contributed by atoms with Crippen LogP contribution >= 0.6 is 0 Å². The topological polar surface area (TPSA) is 49.6 Å². The molecule has 0 spiro atoms. The van der Waals surface area contributed by atoms with E-state index < -0.39 is 0 Å². The van der Waals surface area contributed by atoms with Crippen molar-refractivity contribution in [2.45, 2.75) is 25.9 Å². The van der Waals surface area contributed by atoms with Gasteiger partial charge in [-0.2, -0.15) is 0 Å². The van der Waals surface area contributed by atoms with Gasteiger partial charge in [-0.3, -0.25) is 4.79 Å². The summed E-state index contributed by atoms with van der Waals surface area (Å²) < 4.78 is 13.7. The van der Waals surface area contributed by atoms with Gasteiger partial charge >= 0.3 is 0 Å². The number of hydrogen-bond donors (Lipinski definition) is 1. The van der Waals surface area contributed by atoms with E-state index >= 15 is 0 Å². The molecule has 0 heterocycles. The summed E-state index contributed by atoms with van der Waals surface area (Å²) in [4.78, 5) is 15.8. The molecule has 0 saturated carbocycles. The lowest BCUT2D eigenvalue weighted by Gasteiger charge is -2.25. The van der Waals surface area contributed by atoms with E-state index in [0.717, 1.165) is 6.54 Å². The Balaban J connectivity index is 2.76. The Labute approximate surface area is 120 Å². The van der Waals surface area contributed by atoms with Gasteiger partial charge in [-0.25, -0.2) is 4.39 Å². The smallest absolute Gasteiger partial charge is 0.224 e. The monoisotopic (exact) mass is 281 g/mol. The molecule has 0 aliphatic rings. The van der Waals surface area contributed by atoms with Crippen molar-refractivity contribution < 1.29 is 9.18 Å². The molecule has 1 aromatic carbocycles. The van der Waals surface area contributed by atoms with Crippen molar-refractivity contribution in [2.75, 3.05) is 27.2 Å². The van der Waals surface area contributed by atoms with E-state index in [-0.39, 0.29) is 30.7 Å². The third kappa shape index (κ3) is 5.67. The minimum absolute atomic E-state index is 0.0369. The maximum absolute atomic E-state index is 13.7. The Morgan fingerprint density at radius 2 is 1.95 bits per heavy atom. The molecule has 0 aliphatic carbocycles. The minimum Gasteiger partial charge on any atom is -0.337 e. The maximum atomic E-state index is 13.7. The molecule has 20 heavy (non-hydrogen) atoms. The molecule has 1 unspecified atom stereocenters. The van der Waals surface area contributed by atoms with Crippen molar-refractivity contribution >= 4 is 5.91 Å². The largest absolute Gasteiger partial charge is 0.337 e. The highest BCUT2D eigenvalue weighted by Crippen LogP contribution is 2.11. The Hall–Kier alpha value is -1.46. The summed E-state index contributed by atoms with van der Waals surface area (Å²) in [6, 6.07) is 6.35. The molecular weight excluding hydrogens is 257 g/mol. The molecule has 0 saturated heterocycles. The van der Waals surface area contributed by atoms with Crippen LogP contribution in [0.1, 0.15) is 18.9 Å². The van der Waals surface area contributed by atoms with Gasteiger partial charge in [-0.15, -0.1) is 0 Å². The number of likely N-dealkylation sites (N-methyl/N-ethyl adjacent to an activating group) is 1. The van der Waals surface area contributed by atoms with E-state index in [4.69, 9.17) is 5.73 Å². The van der Waals surface area contributed by atoms with Crippen molar-refractivity contribution in [3.8, 4) is 0 Å². The Morgan fingerprint density at radius 3 is 2.50 bits per heavy atom. The molecule has 5 heteroatoms. The fourth-order valence-corrected chi connectivity index (χ4v) is 1.85. The van der Waals surface area contributed by atoms with Crippen LogP contribution < -0.4 is 5.73 Å². The van der Waals surface area contributed by atoms with E-state index in [0.29, 0.717) is 12.1 Å². The zero-order valence-electron chi connectivity index (χ0n) is 12.5. The lowest BCUT2D eigenvalue weighted by atomic mass is 10.1. The summed E-state index contributed by atoms with van der Waals surface area (Å²) in [6.45, 7) is 3.38. The molecule has 1 atom stereocenters. The molecule has 1 amide bonds. The Kier molecular flexibility index (Phi) is 6.61. The van der Waals surface area contributed by atoms with Gasteiger partial charge < -0.3 is 15.5 Å². The second-order valence-electron chi connectivity index (χ2n) is 5.39. The van der Waals surface area contributed by atoms with Crippen LogP contribution in [0, 0.1) is 5.82 Å². The van der Waals surface area contributed by atoms with E-state index in [1.807, 2.05) is 19.0 Å². The van der Waals surface area contributed by atoms with E-state index in [1.165, 1.54) is 6.07 Å². The first-order valence-electron chi connectivity index (χ1n) is 6.81. The average Bonchev–Trinajstić information content (AvgIpc) is 2.35. The standard InChI is InChI=1S/C15H24FN3O/c1-12(17)10-15(20)19(9-8-18(2)3)11-13-6-4-5-7-14(13)16/h4-7,12H,8-11,17H2,1-3H3. The average molecular weight is 281 g/mol. The summed E-state index contributed by atoms with van der Waals surface area (Å²) in [7, 11) is 3.88. The van der Waals surface area contributed by atoms with Crippen molar-refractivity contribution in [1.82, 2.24) is 9.80 Å². The molecule has 0 bridgehead atoms. The molecule has 112 valence electrons. The molecule has 1 aromatic rings. The third-order valence-corrected chi connectivity index (χ3v) is 2.99. The van der Waals surface area contributed by atoms with Gasteiger partial charge in [0, 0.05) is 37.7 Å². The summed E-state index contributed by atoms with van der Waals surface area (Å²) in [5.74, 6) is -0.318. The fraction of sp³-hybridized carbons (Fsp3) is 0.533. The SMILES string of the molecule is CC(N)CC(=O)N(CCN(C)C)Cc1ccccc1F. The second-order valence-corrected chi connectivity index (χ2v) is 5.39. The predicted octanol–water partition coefficient (Wildman–Crippen LogP) is 1.45. The molecule has 0 aromatic heterocycles. The van der Waals surface area contributed by atoms with Gasteiger partial charge in [0.05, 0.1) is 0 Å². The molecule has 4 nitrogen and oxygen atoms in total. The van der Waals surface area contributed by atoms with Crippen LogP contribution in [-0.2, 0) is 11.3 Å². The highest BCUT2D eigenvalue weighted by Gasteiger charge is 2.17. The van der Waals surface area contributed by atoms with Gasteiger partial charge in [0.15, 0.2) is 0 Å². The van der Waals surface area contributed by atoms with E-state index in [2.05, 4.69) is 0 Å². The second kappa shape index (κ2) is 7.97. The first-order valence-corrected chi connectivity index (χ1v) is 6.81. The number of carbonyl (C=O) groups excluding carboxylic acids is 1. The number of amides is 1. The van der Waals surface area contributed by atoms with Crippen LogP contribution in [0.2, 0.25) is 0 Å². The summed E-state index contributed by atoms with van der Waals surface area (Å²) in [6.07, 6.45) is 0.280. The third-order valence-electron chi connectivity index (χ3n) is 2.99. The quantitative estimate of drug-likeness (QED) is 0.823. The molecular formula is C15H24FN3O. The van der Waals surface area contributed by atoms with Crippen LogP contribution in [0.3, 0.4) is 0 Å². The maximum Gasteiger partial charge on any atom is 0.224 e. The molecule has 0 aliphatic heterocycles. The normalized spacial score (nSPS) is 12.5. The van der Waals surface area contributed by atoms with E-state index in [9.17, 15) is 9.18 Å². The Morgan fingerprint density at radius 1 is 1.30 bits per heavy atom. The van der Waals surface area contributed by atoms with Gasteiger partial charge in [-0.1, -0.05) is 18.2 Å². The summed E-state index contributed by atoms with van der Waals surface area (Å²) >= 11 is 0. The number of nitrogens with two attached hydrogens (primary N) is 1. The minimum atomic E-state index is -0.282. The number of rotatable bonds is 7. The molecule has 1 rings (SSSR count). The first kappa shape index (κ1) is 16.6. The van der Waals surface area contributed by atoms with Crippen LogP contribution in [0.15, 0.2) is 24.3 Å². The number of carbonyl (C=O) groups is 1. The van der Waals surface area contributed by atoms with Crippen LogP contribution in [-0.4, -0.2) is 48.9 Å². The lowest BCUT2D eigenvalue weighted by molar-refractivity contribution is -0.132. The van der Waals surface area contributed by atoms with Gasteiger partial charge in [0.1, 0.15) is 5.82 Å². The highest BCUT2D eigenvalue weighted by atomic mass is 19.1. The first-order chi connectivity index (χ1) is 9.40. The van der Waals surface area contributed by atoms with Crippen LogP contribution in [0.4, 0.5) is 4.39 Å². The van der Waals surface area contributed by atoms with E-state index in [1.54, 1.807) is 30.0 Å². The van der Waals surface area contributed by atoms with Gasteiger partial charge in [-0.05, 0) is 27.1 Å². The van der Waals surface area contributed by atoms with Crippen molar-refractivity contribution in [2.24, 2.45) is 5.73 Å². The number of hydrogen-bond acceptors (Lipinski definition) is 3. The zero-order valence-corrected chi connectivity index (χ0v) is 12.5. The fourth-order valence-electron chi connectivity index (χ4n) is 1.85. The van der Waals surface area contributed by atoms with Crippen molar-refractivity contribution in [3.63, 3.8) is 0 Å². The molecule has 2 N–H and O–H groups in total. The lowest BCUT2D eigenvalue weighted by Crippen LogP contribution is -2.38. The predicted molar refractivity (Wildman–Crippen MR) is 78.6 cm³/mol.